The van der Waals surface area contributed by atoms with Gasteiger partial charge in [0.25, 0.3) is 0 Å². The van der Waals surface area contributed by atoms with Crippen LogP contribution in [0.15, 0.2) is 40.7 Å². The Hall–Kier alpha value is -2.12. The van der Waals surface area contributed by atoms with Gasteiger partial charge in [0.15, 0.2) is 27.4 Å². The quantitative estimate of drug-likeness (QED) is 0.574. The first kappa shape index (κ1) is 11.9. The summed E-state index contributed by atoms with van der Waals surface area (Å²) in [5.41, 5.74) is 0.637. The number of nitrogens with zero attached hydrogens (tertiary/aromatic N) is 5. The summed E-state index contributed by atoms with van der Waals surface area (Å²) in [5, 5.41) is 18.8. The van der Waals surface area contributed by atoms with Gasteiger partial charge in [0, 0.05) is 6.20 Å². The topological polar surface area (TPSA) is 83.6 Å². The van der Waals surface area contributed by atoms with Crippen LogP contribution in [0.4, 0.5) is 10.8 Å². The number of fused-ring (bicyclic) bond motifs is 1. The van der Waals surface area contributed by atoms with E-state index in [0.29, 0.717) is 16.5 Å². The van der Waals surface area contributed by atoms with Crippen LogP contribution in [0.1, 0.15) is 0 Å². The van der Waals surface area contributed by atoms with Gasteiger partial charge in [-0.2, -0.15) is 4.37 Å². The van der Waals surface area contributed by atoms with Crippen molar-refractivity contribution < 1.29 is 5.11 Å². The van der Waals surface area contributed by atoms with Crippen LogP contribution >= 0.6 is 23.1 Å². The number of hydrogen-bond acceptors (Lipinski definition) is 7. The summed E-state index contributed by atoms with van der Waals surface area (Å²) in [6, 6.07) is 6.62. The van der Waals surface area contributed by atoms with Gasteiger partial charge in [-0.05, 0) is 35.8 Å². The molecule has 94 valence electrons. The molecule has 3 heterocycles. The number of pyridine rings is 2. The highest BCUT2D eigenvalue weighted by Crippen LogP contribution is 2.31. The van der Waals surface area contributed by atoms with Crippen molar-refractivity contribution in [3.8, 4) is 5.75 Å². The van der Waals surface area contributed by atoms with Gasteiger partial charge in [0.05, 0.1) is 5.39 Å². The Morgan fingerprint density at radius 3 is 2.95 bits per heavy atom. The van der Waals surface area contributed by atoms with E-state index < -0.39 is 0 Å². The molecule has 0 atom stereocenters. The Balaban J connectivity index is 1.96. The molecule has 0 spiro atoms. The normalized spacial score (nSPS) is 11.4. The third-order valence-corrected chi connectivity index (χ3v) is 3.31. The first-order chi connectivity index (χ1) is 9.24. The molecule has 0 saturated carbocycles. The number of rotatable bonds is 2. The molecule has 19 heavy (non-hydrogen) atoms. The van der Waals surface area contributed by atoms with E-state index in [1.54, 1.807) is 6.20 Å². The lowest BCUT2D eigenvalue weighted by atomic mass is 10.3. The average Bonchev–Trinajstić information content (AvgIpc) is 2.83. The van der Waals surface area contributed by atoms with E-state index in [4.69, 9.17) is 11.6 Å². The summed E-state index contributed by atoms with van der Waals surface area (Å²) in [6.45, 7) is 0. The van der Waals surface area contributed by atoms with Crippen LogP contribution in [0.25, 0.3) is 11.0 Å². The fraction of sp³-hybridized carbons (Fsp3) is 0. The molecule has 0 amide bonds. The van der Waals surface area contributed by atoms with E-state index in [1.165, 1.54) is 23.7 Å². The van der Waals surface area contributed by atoms with Crippen molar-refractivity contribution in [1.29, 1.82) is 0 Å². The molecule has 3 rings (SSSR count). The summed E-state index contributed by atoms with van der Waals surface area (Å²) >= 11 is 6.89. The fourth-order valence-corrected chi connectivity index (χ4v) is 2.22. The number of azo groups is 1. The van der Waals surface area contributed by atoms with Crippen LogP contribution < -0.4 is 0 Å². The molecule has 0 radical (unpaired) electrons. The van der Waals surface area contributed by atoms with Crippen LogP contribution in [0.3, 0.4) is 0 Å². The van der Waals surface area contributed by atoms with Crippen LogP contribution in [-0.4, -0.2) is 19.4 Å². The van der Waals surface area contributed by atoms with E-state index in [1.807, 2.05) is 12.1 Å². The van der Waals surface area contributed by atoms with Gasteiger partial charge in [0.2, 0.25) is 0 Å². The largest absolute Gasteiger partial charge is 0.505 e. The van der Waals surface area contributed by atoms with E-state index in [9.17, 15) is 5.11 Å². The van der Waals surface area contributed by atoms with Crippen molar-refractivity contribution in [2.45, 2.75) is 0 Å². The third kappa shape index (κ3) is 2.38. The number of aromatic nitrogens is 3. The monoisotopic (exact) mass is 291 g/mol. The highest BCUT2D eigenvalue weighted by Gasteiger charge is 2.05. The molecule has 0 aliphatic carbocycles. The van der Waals surface area contributed by atoms with Crippen LogP contribution in [0, 0.1) is 0 Å². The van der Waals surface area contributed by atoms with Gasteiger partial charge < -0.3 is 5.11 Å². The molecule has 3 aromatic rings. The highest BCUT2D eigenvalue weighted by atomic mass is 35.5. The molecule has 1 N–H and O–H groups in total. The molecule has 0 bridgehead atoms. The molecular weight excluding hydrogens is 286 g/mol. The SMILES string of the molecule is Oc1ccc(N=Nc2snc3ncccc23)nc1Cl. The standard InChI is InChI=1S/C11H6ClN5OS/c12-9-7(18)3-4-8(14-9)15-16-11-6-2-1-5-13-10(6)17-19-11/h1-5,18H. The number of aromatic hydroxyl groups is 1. The number of halogens is 1. The summed E-state index contributed by atoms with van der Waals surface area (Å²) in [5.74, 6) is 0.223. The Kier molecular flexibility index (Phi) is 3.06. The molecule has 0 aliphatic heterocycles. The summed E-state index contributed by atoms with van der Waals surface area (Å²) in [7, 11) is 0. The van der Waals surface area contributed by atoms with E-state index in [2.05, 4.69) is 24.6 Å². The predicted molar refractivity (Wildman–Crippen MR) is 72.5 cm³/mol. The number of hydrogen-bond donors (Lipinski definition) is 1. The van der Waals surface area contributed by atoms with Crippen LogP contribution in [0.5, 0.6) is 5.75 Å². The Bertz CT molecular complexity index is 773. The second-order valence-electron chi connectivity index (χ2n) is 3.54. The zero-order valence-corrected chi connectivity index (χ0v) is 10.9. The summed E-state index contributed by atoms with van der Waals surface area (Å²) in [4.78, 5) is 7.99. The minimum Gasteiger partial charge on any atom is -0.505 e. The zero-order chi connectivity index (χ0) is 13.2. The lowest BCUT2D eigenvalue weighted by molar-refractivity contribution is 0.473. The Morgan fingerprint density at radius 2 is 2.11 bits per heavy atom. The molecule has 8 heteroatoms. The molecule has 3 aromatic heterocycles. The summed E-state index contributed by atoms with van der Waals surface area (Å²) in [6.07, 6.45) is 1.67. The Morgan fingerprint density at radius 1 is 1.21 bits per heavy atom. The van der Waals surface area contributed by atoms with Crippen molar-refractivity contribution in [3.05, 3.63) is 35.6 Å². The van der Waals surface area contributed by atoms with Gasteiger partial charge in [-0.15, -0.1) is 10.2 Å². The molecule has 6 nitrogen and oxygen atoms in total. The van der Waals surface area contributed by atoms with Gasteiger partial charge in [-0.1, -0.05) is 11.6 Å². The molecule has 0 aromatic carbocycles. The van der Waals surface area contributed by atoms with Crippen molar-refractivity contribution in [1.82, 2.24) is 14.3 Å². The van der Waals surface area contributed by atoms with E-state index in [-0.39, 0.29) is 10.9 Å². The fourth-order valence-electron chi connectivity index (χ4n) is 1.41. The molecular formula is C11H6ClN5OS. The lowest BCUT2D eigenvalue weighted by Gasteiger charge is -1.95. The van der Waals surface area contributed by atoms with Gasteiger partial charge in [-0.3, -0.25) is 0 Å². The van der Waals surface area contributed by atoms with E-state index >= 15 is 0 Å². The van der Waals surface area contributed by atoms with Crippen molar-refractivity contribution in [2.75, 3.05) is 0 Å². The smallest absolute Gasteiger partial charge is 0.176 e. The highest BCUT2D eigenvalue weighted by molar-refractivity contribution is 7.11. The maximum Gasteiger partial charge on any atom is 0.176 e. The second kappa shape index (κ2) is 4.87. The molecule has 0 fully saturated rings. The average molecular weight is 292 g/mol. The van der Waals surface area contributed by atoms with Crippen LogP contribution in [-0.2, 0) is 0 Å². The molecule has 0 saturated heterocycles. The van der Waals surface area contributed by atoms with Gasteiger partial charge >= 0.3 is 0 Å². The second-order valence-corrected chi connectivity index (χ2v) is 4.65. The van der Waals surface area contributed by atoms with Gasteiger partial charge in [-0.25, -0.2) is 9.97 Å². The minimum atomic E-state index is -0.0898. The lowest BCUT2D eigenvalue weighted by Crippen LogP contribution is -1.75. The first-order valence-electron chi connectivity index (χ1n) is 5.22. The maximum atomic E-state index is 9.25. The maximum absolute atomic E-state index is 9.25. The molecule has 0 aliphatic rings. The minimum absolute atomic E-state index is 0.00715. The third-order valence-electron chi connectivity index (χ3n) is 2.29. The first-order valence-corrected chi connectivity index (χ1v) is 6.37. The van der Waals surface area contributed by atoms with Crippen LogP contribution in [0.2, 0.25) is 5.15 Å². The van der Waals surface area contributed by atoms with Crippen molar-refractivity contribution in [3.63, 3.8) is 0 Å². The van der Waals surface area contributed by atoms with Gasteiger partial charge in [0.1, 0.15) is 0 Å². The molecule has 0 unspecified atom stereocenters. The van der Waals surface area contributed by atoms with Crippen molar-refractivity contribution >= 4 is 45.0 Å². The zero-order valence-electron chi connectivity index (χ0n) is 9.36. The Labute approximate surface area is 116 Å². The predicted octanol–water partition coefficient (Wildman–Crippen LogP) is 3.86. The van der Waals surface area contributed by atoms with E-state index in [0.717, 1.165) is 5.39 Å². The van der Waals surface area contributed by atoms with Crippen molar-refractivity contribution in [2.24, 2.45) is 10.2 Å². The summed E-state index contributed by atoms with van der Waals surface area (Å²) < 4.78 is 4.15.